The summed E-state index contributed by atoms with van der Waals surface area (Å²) in [6.07, 6.45) is 4.97. The summed E-state index contributed by atoms with van der Waals surface area (Å²) in [6, 6.07) is 15.9. The molecule has 1 aliphatic rings. The number of nitrogens with one attached hydrogen (secondary N) is 1. The lowest BCUT2D eigenvalue weighted by Crippen LogP contribution is -2.30. The first kappa shape index (κ1) is 18.6. The van der Waals surface area contributed by atoms with Gasteiger partial charge in [-0.2, -0.15) is 0 Å². The van der Waals surface area contributed by atoms with Gasteiger partial charge in [0.25, 0.3) is 0 Å². The zero-order valence-electron chi connectivity index (χ0n) is 16.3. The molecule has 2 aromatic carbocycles. The monoisotopic (exact) mass is 377 g/mol. The van der Waals surface area contributed by atoms with Gasteiger partial charge in [-0.3, -0.25) is 4.79 Å². The number of likely N-dealkylation sites (tertiary alicyclic amines) is 1. The maximum atomic E-state index is 12.4. The normalized spacial score (nSPS) is 15.8. The largest absolute Gasteiger partial charge is 0.324 e. The topological polar surface area (TPSA) is 63.1 Å². The quantitative estimate of drug-likeness (QED) is 0.716. The molecule has 0 saturated carbocycles. The molecule has 4 rings (SSSR count). The van der Waals surface area contributed by atoms with Crippen LogP contribution in [0.1, 0.15) is 24.8 Å². The number of aromatic nitrogens is 3. The molecule has 0 unspecified atom stereocenters. The highest BCUT2D eigenvalue weighted by atomic mass is 16.2. The van der Waals surface area contributed by atoms with Gasteiger partial charge < -0.3 is 10.2 Å². The Morgan fingerprint density at radius 1 is 1.11 bits per heavy atom. The number of hydrogen-bond acceptors (Lipinski definition) is 4. The summed E-state index contributed by atoms with van der Waals surface area (Å²) in [5, 5.41) is 11.1. The first-order chi connectivity index (χ1) is 13.7. The standard InChI is InChI=1S/C22H27N5O/c1-26-14-12-18(13-15-26)7-6-17-8-10-19(11-9-17)23-22(28)16-27-21-5-3-2-4-20(21)24-25-27/h2-5,8-11,18H,6-7,12-16H2,1H3,(H,23,28). The Hall–Kier alpha value is -2.73. The SMILES string of the molecule is CN1CCC(CCc2ccc(NC(=O)Cn3nnc4ccccc43)cc2)CC1. The van der Waals surface area contributed by atoms with Crippen molar-refractivity contribution in [1.82, 2.24) is 19.9 Å². The first-order valence-electron chi connectivity index (χ1n) is 10.0. The van der Waals surface area contributed by atoms with E-state index in [2.05, 4.69) is 39.7 Å². The van der Waals surface area contributed by atoms with Gasteiger partial charge in [0.15, 0.2) is 0 Å². The van der Waals surface area contributed by atoms with Gasteiger partial charge in [0.1, 0.15) is 12.1 Å². The lowest BCUT2D eigenvalue weighted by molar-refractivity contribution is -0.116. The van der Waals surface area contributed by atoms with E-state index in [1.54, 1.807) is 4.68 Å². The molecule has 28 heavy (non-hydrogen) atoms. The van der Waals surface area contributed by atoms with E-state index in [-0.39, 0.29) is 12.5 Å². The number of fused-ring (bicyclic) bond motifs is 1. The Balaban J connectivity index is 1.28. The van der Waals surface area contributed by atoms with Crippen LogP contribution in [0.2, 0.25) is 0 Å². The van der Waals surface area contributed by atoms with Crippen molar-refractivity contribution < 1.29 is 4.79 Å². The molecule has 1 amide bonds. The predicted octanol–water partition coefficient (Wildman–Crippen LogP) is 3.34. The fourth-order valence-corrected chi connectivity index (χ4v) is 3.85. The second kappa shape index (κ2) is 8.52. The van der Waals surface area contributed by atoms with Gasteiger partial charge in [-0.25, -0.2) is 4.68 Å². The fraction of sp³-hybridized carbons (Fsp3) is 0.409. The lowest BCUT2D eigenvalue weighted by atomic mass is 9.91. The number of hydrogen-bond donors (Lipinski definition) is 1. The number of amides is 1. The van der Waals surface area contributed by atoms with Crippen LogP contribution in [0, 0.1) is 5.92 Å². The van der Waals surface area contributed by atoms with Crippen molar-refractivity contribution in [2.75, 3.05) is 25.5 Å². The lowest BCUT2D eigenvalue weighted by Gasteiger charge is -2.28. The minimum absolute atomic E-state index is 0.102. The minimum Gasteiger partial charge on any atom is -0.324 e. The summed E-state index contributed by atoms with van der Waals surface area (Å²) >= 11 is 0. The van der Waals surface area contributed by atoms with Crippen molar-refractivity contribution in [2.45, 2.75) is 32.2 Å². The number of rotatable bonds is 6. The summed E-state index contributed by atoms with van der Waals surface area (Å²) in [5.41, 5.74) is 3.81. The Morgan fingerprint density at radius 2 is 1.86 bits per heavy atom. The molecule has 0 aliphatic carbocycles. The molecule has 1 saturated heterocycles. The van der Waals surface area contributed by atoms with Crippen molar-refractivity contribution >= 4 is 22.6 Å². The van der Waals surface area contributed by atoms with E-state index < -0.39 is 0 Å². The molecule has 0 radical (unpaired) electrons. The van der Waals surface area contributed by atoms with Crippen LogP contribution in [0.4, 0.5) is 5.69 Å². The average molecular weight is 377 g/mol. The smallest absolute Gasteiger partial charge is 0.246 e. The number of nitrogens with zero attached hydrogens (tertiary/aromatic N) is 4. The molecule has 0 atom stereocenters. The van der Waals surface area contributed by atoms with Crippen LogP contribution in [-0.4, -0.2) is 45.9 Å². The summed E-state index contributed by atoms with van der Waals surface area (Å²) in [7, 11) is 2.20. The van der Waals surface area contributed by atoms with Crippen LogP contribution < -0.4 is 5.32 Å². The Bertz CT molecular complexity index is 926. The highest BCUT2D eigenvalue weighted by Crippen LogP contribution is 2.22. The van der Waals surface area contributed by atoms with Crippen molar-refractivity contribution in [3.05, 3.63) is 54.1 Å². The third-order valence-corrected chi connectivity index (χ3v) is 5.63. The van der Waals surface area contributed by atoms with Gasteiger partial charge in [0.2, 0.25) is 5.91 Å². The molecular weight excluding hydrogens is 350 g/mol. The second-order valence-electron chi connectivity index (χ2n) is 7.77. The number of piperidine rings is 1. The van der Waals surface area contributed by atoms with E-state index in [0.717, 1.165) is 29.1 Å². The second-order valence-corrected chi connectivity index (χ2v) is 7.77. The zero-order valence-corrected chi connectivity index (χ0v) is 16.3. The molecule has 146 valence electrons. The van der Waals surface area contributed by atoms with Crippen LogP contribution in [0.25, 0.3) is 11.0 Å². The van der Waals surface area contributed by atoms with Gasteiger partial charge in [-0.1, -0.05) is 29.5 Å². The molecule has 0 bridgehead atoms. The predicted molar refractivity (Wildman–Crippen MR) is 111 cm³/mol. The molecule has 2 heterocycles. The molecule has 1 fully saturated rings. The number of anilines is 1. The highest BCUT2D eigenvalue weighted by Gasteiger charge is 2.16. The third kappa shape index (κ3) is 4.57. The van der Waals surface area contributed by atoms with E-state index in [1.807, 2.05) is 36.4 Å². The van der Waals surface area contributed by atoms with Crippen LogP contribution >= 0.6 is 0 Å². The van der Waals surface area contributed by atoms with Crippen LogP contribution in [-0.2, 0) is 17.8 Å². The van der Waals surface area contributed by atoms with Gasteiger partial charge in [-0.15, -0.1) is 5.10 Å². The zero-order chi connectivity index (χ0) is 19.3. The van der Waals surface area contributed by atoms with Gasteiger partial charge in [0, 0.05) is 5.69 Å². The summed E-state index contributed by atoms with van der Waals surface area (Å²) < 4.78 is 1.63. The summed E-state index contributed by atoms with van der Waals surface area (Å²) in [4.78, 5) is 14.8. The fourth-order valence-electron chi connectivity index (χ4n) is 3.85. The Morgan fingerprint density at radius 3 is 2.64 bits per heavy atom. The molecule has 0 spiro atoms. The number of aryl methyl sites for hydroxylation is 1. The van der Waals surface area contributed by atoms with Crippen molar-refractivity contribution in [1.29, 1.82) is 0 Å². The van der Waals surface area contributed by atoms with Crippen LogP contribution in [0.5, 0.6) is 0 Å². The van der Waals surface area contributed by atoms with E-state index >= 15 is 0 Å². The molecule has 3 aromatic rings. The molecule has 6 heteroatoms. The summed E-state index contributed by atoms with van der Waals surface area (Å²) in [5.74, 6) is 0.739. The van der Waals surface area contributed by atoms with Gasteiger partial charge >= 0.3 is 0 Å². The van der Waals surface area contributed by atoms with Crippen LogP contribution in [0.3, 0.4) is 0 Å². The Labute approximate surface area is 165 Å². The minimum atomic E-state index is -0.102. The molecule has 1 N–H and O–H groups in total. The molecular formula is C22H27N5O. The molecule has 1 aromatic heterocycles. The average Bonchev–Trinajstić information content (AvgIpc) is 3.11. The number of para-hydroxylation sites is 1. The van der Waals surface area contributed by atoms with Gasteiger partial charge in [-0.05, 0) is 81.6 Å². The number of carbonyl (C=O) groups excluding carboxylic acids is 1. The third-order valence-electron chi connectivity index (χ3n) is 5.63. The van der Waals surface area contributed by atoms with Crippen molar-refractivity contribution in [3.8, 4) is 0 Å². The molecule has 1 aliphatic heterocycles. The summed E-state index contributed by atoms with van der Waals surface area (Å²) in [6.45, 7) is 2.59. The highest BCUT2D eigenvalue weighted by molar-refractivity contribution is 5.91. The van der Waals surface area contributed by atoms with E-state index in [0.29, 0.717) is 0 Å². The van der Waals surface area contributed by atoms with E-state index in [1.165, 1.54) is 37.9 Å². The number of carbonyl (C=O) groups is 1. The van der Waals surface area contributed by atoms with E-state index in [9.17, 15) is 4.79 Å². The van der Waals surface area contributed by atoms with Gasteiger partial charge in [0.05, 0.1) is 5.52 Å². The van der Waals surface area contributed by atoms with Crippen molar-refractivity contribution in [2.24, 2.45) is 5.92 Å². The van der Waals surface area contributed by atoms with Crippen LogP contribution in [0.15, 0.2) is 48.5 Å². The maximum Gasteiger partial charge on any atom is 0.246 e. The Kier molecular flexibility index (Phi) is 5.67. The maximum absolute atomic E-state index is 12.4. The molecule has 6 nitrogen and oxygen atoms in total. The van der Waals surface area contributed by atoms with Crippen molar-refractivity contribution in [3.63, 3.8) is 0 Å². The van der Waals surface area contributed by atoms with E-state index in [4.69, 9.17) is 0 Å². The number of benzene rings is 2. The first-order valence-corrected chi connectivity index (χ1v) is 10.0.